The third-order valence-electron chi connectivity index (χ3n) is 28.7. The van der Waals surface area contributed by atoms with Crippen LogP contribution in [0.25, 0.3) is 200 Å². The molecule has 732 valence electrons. The average molecular weight is 2600 g/mol. The SMILES string of the molecule is CC(C)c1cc(C(C)C)c2c(c1-n1c(-c3[c-]cccc3)nc3ccccc31)c1ccccc1n2C.CC(C)c1cc(C(C)C)c2c3ccccc3n(C)c2c1-n1c(-c2[c-]cccc2)nc2ccccc21.CC(C)c1cc2c(c(C(C)C)c1-n1c(-c3[c-]cccc3)nc3ccccc31)c1ccccc1n2C.CC(C)c1cc2c3ccccc3n(C)c2c(C(C)C)c1-n1c(-c2[c-]cccc2)nc2ccccc21.[Ir].[Ir].[Ir].[Ir]. The van der Waals surface area contributed by atoms with Gasteiger partial charge in [0.05, 0.1) is 95.4 Å². The van der Waals surface area contributed by atoms with E-state index < -0.39 is 0 Å². The van der Waals surface area contributed by atoms with Crippen LogP contribution < -0.4 is 0 Å². The van der Waals surface area contributed by atoms with Crippen LogP contribution in [0.4, 0.5) is 0 Å². The van der Waals surface area contributed by atoms with E-state index in [1.54, 1.807) is 0 Å². The fourth-order valence-corrected chi connectivity index (χ4v) is 22.2. The second kappa shape index (κ2) is 42.1. The molecule has 4 radical (unpaired) electrons. The first kappa shape index (κ1) is 103. The minimum Gasteiger partial charge on any atom is -0.344 e. The molecule has 0 atom stereocenters. The van der Waals surface area contributed by atoms with Gasteiger partial charge in [0.15, 0.2) is 0 Å². The fraction of sp³-hybridized carbons (Fsp3) is 0.219. The van der Waals surface area contributed by atoms with Crippen molar-refractivity contribution in [1.82, 2.24) is 56.5 Å². The van der Waals surface area contributed by atoms with Crippen LogP contribution in [0.15, 0.2) is 315 Å². The number of benzene rings is 16. The molecule has 0 aliphatic rings. The second-order valence-corrected chi connectivity index (χ2v) is 40.2. The molecule has 16 heteroatoms. The quantitative estimate of drug-likeness (QED) is 0.0901. The number of fused-ring (bicyclic) bond motifs is 16. The number of hydrogen-bond acceptors (Lipinski definition) is 4. The number of aromatic nitrogens is 12. The van der Waals surface area contributed by atoms with Gasteiger partial charge in [0.25, 0.3) is 0 Å². The predicted molar refractivity (Wildman–Crippen MR) is 590 cm³/mol. The van der Waals surface area contributed by atoms with Crippen molar-refractivity contribution in [1.29, 1.82) is 0 Å². The maximum atomic E-state index is 5.14. The van der Waals surface area contributed by atoms with Crippen LogP contribution in [-0.2, 0) is 109 Å². The molecule has 12 nitrogen and oxygen atoms in total. The zero-order chi connectivity index (χ0) is 97.1. The maximum absolute atomic E-state index is 5.14. The maximum Gasteiger partial charge on any atom is 0.0774 e. The van der Waals surface area contributed by atoms with E-state index in [4.69, 9.17) is 19.9 Å². The Morgan fingerprint density at radius 2 is 0.479 bits per heavy atom. The number of aryl methyl sites for hydroxylation is 4. The summed E-state index contributed by atoms with van der Waals surface area (Å²) < 4.78 is 19.0. The summed E-state index contributed by atoms with van der Waals surface area (Å²) in [5.41, 5.74) is 38.6. The van der Waals surface area contributed by atoms with Crippen LogP contribution in [0.1, 0.15) is 203 Å². The number of hydrogen-bond donors (Lipinski definition) is 0. The standard InChI is InChI=1S/4C32H30N3.4Ir/c1-20(2)24-19-25-23-15-9-11-17-27(23)34(5)30(25)29(21(3)4)31(24)35-28-18-12-10-16-26(28)33-32(35)22-13-7-6-8-14-22;1-20(2)24-19-25(21(3)4)31(29-23-15-9-11-17-27(23)34(5)30(24)29)35-28-18-12-10-16-26(28)33-32(35)22-13-7-6-8-14-22;1-20(2)24-19-25(21(3)4)30(31-29(24)23-15-9-11-17-27(23)34(31)5)35-28-18-12-10-16-26(28)33-32(35)22-13-7-6-8-14-22;1-20(2)24-19-28-30(23-15-9-11-17-26(23)34(28)5)29(21(3)4)31(24)35-27-18-12-10-16-25(27)33-32(35)22-13-7-6-8-14-22;;;;/h4*6-13,15-21H,1-5H3;;;;/q4*-1;;;;. The zero-order valence-corrected chi connectivity index (χ0v) is 94.9. The van der Waals surface area contributed by atoms with Crippen molar-refractivity contribution in [3.8, 4) is 68.3 Å². The van der Waals surface area contributed by atoms with Gasteiger partial charge >= 0.3 is 0 Å². The molecule has 24 aromatic rings. The molecule has 0 spiro atoms. The molecule has 0 aliphatic carbocycles. The van der Waals surface area contributed by atoms with E-state index in [0.717, 1.165) is 89.7 Å². The van der Waals surface area contributed by atoms with Crippen LogP contribution >= 0.6 is 0 Å². The van der Waals surface area contributed by atoms with Crippen molar-refractivity contribution in [3.63, 3.8) is 0 Å². The first-order valence-corrected chi connectivity index (χ1v) is 49.8. The smallest absolute Gasteiger partial charge is 0.0774 e. The summed E-state index contributed by atoms with van der Waals surface area (Å²) in [6.07, 6.45) is 0. The molecule has 0 saturated carbocycles. The second-order valence-electron chi connectivity index (χ2n) is 40.2. The summed E-state index contributed by atoms with van der Waals surface area (Å²) in [4.78, 5) is 20.5. The Labute approximate surface area is 899 Å². The Kier molecular flexibility index (Phi) is 30.0. The molecule has 0 fully saturated rings. The van der Waals surface area contributed by atoms with Crippen molar-refractivity contribution < 1.29 is 80.4 Å². The van der Waals surface area contributed by atoms with Crippen LogP contribution in [-0.4, -0.2) is 56.5 Å². The monoisotopic (exact) mass is 2600 g/mol. The Hall–Kier alpha value is -12.8. The third kappa shape index (κ3) is 17.6. The minimum absolute atomic E-state index is 0. The zero-order valence-electron chi connectivity index (χ0n) is 85.3. The number of nitrogens with zero attached hydrogens (tertiary/aromatic N) is 12. The van der Waals surface area contributed by atoms with Gasteiger partial charge < -0.3 is 36.5 Å². The first-order chi connectivity index (χ1) is 67.9. The fourth-order valence-electron chi connectivity index (χ4n) is 22.2. The summed E-state index contributed by atoms with van der Waals surface area (Å²) in [6, 6.07) is 125. The van der Waals surface area contributed by atoms with Gasteiger partial charge in [-0.15, -0.1) is 144 Å². The predicted octanol–water partition coefficient (Wildman–Crippen LogP) is 33.5. The van der Waals surface area contributed by atoms with E-state index in [1.807, 2.05) is 48.5 Å². The van der Waals surface area contributed by atoms with Crippen LogP contribution in [0.5, 0.6) is 0 Å². The van der Waals surface area contributed by atoms with Crippen LogP contribution in [0.3, 0.4) is 0 Å². The molecule has 0 bridgehead atoms. The van der Waals surface area contributed by atoms with Crippen molar-refractivity contribution >= 4 is 131 Å². The summed E-state index contributed by atoms with van der Waals surface area (Å²) in [7, 11) is 8.80. The van der Waals surface area contributed by atoms with E-state index in [1.165, 1.54) is 154 Å². The normalized spacial score (nSPS) is 11.8. The molecule has 144 heavy (non-hydrogen) atoms. The molecule has 0 saturated heterocycles. The summed E-state index contributed by atoms with van der Waals surface area (Å²) in [5.74, 6) is 6.59. The van der Waals surface area contributed by atoms with E-state index >= 15 is 0 Å². The van der Waals surface area contributed by atoms with Gasteiger partial charge in [-0.3, -0.25) is 19.9 Å². The van der Waals surface area contributed by atoms with Crippen molar-refractivity contribution in [3.05, 3.63) is 384 Å². The Morgan fingerprint density at radius 3 is 0.854 bits per heavy atom. The molecule has 24 rings (SSSR count). The average Bonchev–Trinajstić information content (AvgIpc) is 1.57. The number of para-hydroxylation sites is 12. The molecule has 0 N–H and O–H groups in total. The Balaban J connectivity index is 0.000000130. The van der Waals surface area contributed by atoms with Crippen LogP contribution in [0, 0.1) is 24.3 Å². The largest absolute Gasteiger partial charge is 0.344 e. The molecule has 8 aromatic heterocycles. The number of imidazole rings is 4. The summed E-state index contributed by atoms with van der Waals surface area (Å²) in [6.45, 7) is 36.8. The van der Waals surface area contributed by atoms with E-state index in [9.17, 15) is 0 Å². The van der Waals surface area contributed by atoms with E-state index in [0.29, 0.717) is 47.3 Å². The van der Waals surface area contributed by atoms with Gasteiger partial charge in [0.1, 0.15) is 0 Å². The van der Waals surface area contributed by atoms with Crippen molar-refractivity contribution in [2.45, 2.75) is 158 Å². The minimum atomic E-state index is 0. The molecular weight excluding hydrogens is 2470 g/mol. The topological polar surface area (TPSA) is 91.0 Å². The molecule has 8 heterocycles. The number of rotatable bonds is 16. The summed E-state index contributed by atoms with van der Waals surface area (Å²) in [5, 5.41) is 10.5. The van der Waals surface area contributed by atoms with Crippen molar-refractivity contribution in [2.75, 3.05) is 0 Å². The van der Waals surface area contributed by atoms with Gasteiger partial charge in [-0.1, -0.05) is 244 Å². The Morgan fingerprint density at radius 1 is 0.201 bits per heavy atom. The van der Waals surface area contributed by atoms with Gasteiger partial charge in [-0.05, 0) is 171 Å². The molecule has 0 amide bonds. The van der Waals surface area contributed by atoms with Crippen molar-refractivity contribution in [2.24, 2.45) is 28.2 Å². The first-order valence-electron chi connectivity index (χ1n) is 49.8. The van der Waals surface area contributed by atoms with Gasteiger partial charge in [-0.25, -0.2) is 0 Å². The van der Waals surface area contributed by atoms with Gasteiger partial charge in [-0.2, -0.15) is 0 Å². The third-order valence-corrected chi connectivity index (χ3v) is 28.7. The van der Waals surface area contributed by atoms with E-state index in [2.05, 4.69) is 467 Å². The Bertz CT molecular complexity index is 8840. The molecule has 0 unspecified atom stereocenters. The van der Waals surface area contributed by atoms with Gasteiger partial charge in [0, 0.05) is 196 Å². The van der Waals surface area contributed by atoms with Crippen LogP contribution in [0.2, 0.25) is 0 Å². The molecular formula is C128H120Ir4N12-4. The summed E-state index contributed by atoms with van der Waals surface area (Å²) >= 11 is 0. The molecule has 0 aliphatic heterocycles. The van der Waals surface area contributed by atoms with E-state index in [-0.39, 0.29) is 80.4 Å². The van der Waals surface area contributed by atoms with Gasteiger partial charge in [0.2, 0.25) is 0 Å². The molecule has 16 aromatic carbocycles.